The van der Waals surface area contributed by atoms with Crippen LogP contribution in [-0.2, 0) is 45.2 Å². The Kier molecular flexibility index (Phi) is 11.6. The Morgan fingerprint density at radius 2 is 1.34 bits per heavy atom. The Labute approximate surface area is 387 Å². The maximum absolute atomic E-state index is 14.1. The van der Waals surface area contributed by atoms with Gasteiger partial charge in [-0.15, -0.1) is 0 Å². The van der Waals surface area contributed by atoms with Gasteiger partial charge in [0.15, 0.2) is 34.6 Å². The maximum atomic E-state index is 14.1. The van der Waals surface area contributed by atoms with Crippen molar-refractivity contribution in [3.05, 3.63) is 124 Å². The number of ketones is 2. The first-order chi connectivity index (χ1) is 32.6. The average molecular weight is 904 g/mol. The standard InChI is InChI=1S/C52H49N5O10/c1-55(16-8-13-49(60)67-50-43(58)14-15-44(50)59)34-18-30(28-65-47-24-39-37(22-45(47)63-2)51(61)56-35(26-53-39)20-32-9-4-6-11-41(32)56)17-31(19-34)29-66-48-25-40-38(23-46(48)64-3)52(62)57-36(27-54-40)21-33-10-5-7-12-42(33)57/h4-7,9-12,17-19,22-26,35-36,50,54H,8,13-16,20-21,27-29H2,1-3H3/t35-,36-/m0/s1. The number of nitrogens with zero attached hydrogens (tertiary/aromatic N) is 4. The summed E-state index contributed by atoms with van der Waals surface area (Å²) in [5.74, 6) is 0.0534. The van der Waals surface area contributed by atoms with Crippen molar-refractivity contribution in [3.63, 3.8) is 0 Å². The van der Waals surface area contributed by atoms with Crippen molar-refractivity contribution in [1.82, 2.24) is 0 Å². The summed E-state index contributed by atoms with van der Waals surface area (Å²) < 4.78 is 29.8. The molecule has 5 aromatic rings. The fourth-order valence-electron chi connectivity index (χ4n) is 9.65. The molecular weight excluding hydrogens is 855 g/mol. The van der Waals surface area contributed by atoms with Gasteiger partial charge in [0.1, 0.15) is 13.2 Å². The molecule has 15 heteroatoms. The number of carbonyl (C=O) groups is 5. The first kappa shape index (κ1) is 43.2. The Balaban J connectivity index is 0.893. The summed E-state index contributed by atoms with van der Waals surface area (Å²) in [5, 5.41) is 3.49. The number of benzene rings is 5. The van der Waals surface area contributed by atoms with E-state index in [2.05, 4.69) is 11.4 Å². The molecule has 2 atom stereocenters. The number of amides is 2. The predicted molar refractivity (Wildman–Crippen MR) is 251 cm³/mol. The molecule has 67 heavy (non-hydrogen) atoms. The number of para-hydroxylation sites is 2. The van der Waals surface area contributed by atoms with Gasteiger partial charge in [-0.05, 0) is 77.6 Å². The smallest absolute Gasteiger partial charge is 0.307 e. The van der Waals surface area contributed by atoms with Crippen LogP contribution in [0.25, 0.3) is 0 Å². The highest BCUT2D eigenvalue weighted by atomic mass is 16.6. The first-order valence-electron chi connectivity index (χ1n) is 22.5. The molecule has 0 aromatic heterocycles. The van der Waals surface area contributed by atoms with Gasteiger partial charge in [-0.1, -0.05) is 36.4 Å². The van der Waals surface area contributed by atoms with Gasteiger partial charge in [-0.3, -0.25) is 33.9 Å². The molecular formula is C52H49N5O10. The van der Waals surface area contributed by atoms with Crippen LogP contribution in [0, 0.1) is 0 Å². The molecule has 15 nitrogen and oxygen atoms in total. The van der Waals surface area contributed by atoms with E-state index >= 15 is 0 Å². The minimum absolute atomic E-state index is 0.0218. The first-order valence-corrected chi connectivity index (χ1v) is 22.5. The van der Waals surface area contributed by atoms with Gasteiger partial charge >= 0.3 is 5.97 Å². The van der Waals surface area contributed by atoms with Gasteiger partial charge in [0.05, 0.1) is 48.8 Å². The zero-order valence-electron chi connectivity index (χ0n) is 37.4. The van der Waals surface area contributed by atoms with Crippen LogP contribution in [0.1, 0.15) is 68.7 Å². The van der Waals surface area contributed by atoms with Gasteiger partial charge < -0.3 is 38.8 Å². The summed E-state index contributed by atoms with van der Waals surface area (Å²) in [6.45, 7) is 1.24. The van der Waals surface area contributed by atoms with Crippen molar-refractivity contribution in [3.8, 4) is 23.0 Å². The molecule has 0 radical (unpaired) electrons. The summed E-state index contributed by atoms with van der Waals surface area (Å²) in [7, 11) is 4.97. The van der Waals surface area contributed by atoms with Crippen LogP contribution >= 0.6 is 0 Å². The largest absolute Gasteiger partial charge is 0.493 e. The molecule has 0 saturated heterocycles. The van der Waals surface area contributed by atoms with E-state index in [0.717, 1.165) is 45.7 Å². The van der Waals surface area contributed by atoms with Crippen LogP contribution in [0.2, 0.25) is 0 Å². The third kappa shape index (κ3) is 8.30. The number of Topliss-reactive ketones (excluding diaryl/α,β-unsaturated/α-hetero) is 2. The monoisotopic (exact) mass is 903 g/mol. The number of anilines is 4. The summed E-state index contributed by atoms with van der Waals surface area (Å²) in [6, 6.07) is 28.5. The summed E-state index contributed by atoms with van der Waals surface area (Å²) >= 11 is 0. The number of ether oxygens (including phenoxy) is 5. The van der Waals surface area contributed by atoms with Crippen molar-refractivity contribution < 1.29 is 47.7 Å². The molecule has 0 bridgehead atoms. The third-order valence-electron chi connectivity index (χ3n) is 13.1. The lowest BCUT2D eigenvalue weighted by Crippen LogP contribution is -2.39. The summed E-state index contributed by atoms with van der Waals surface area (Å²) in [6.07, 6.45) is 2.56. The number of methoxy groups -OCH3 is 2. The van der Waals surface area contributed by atoms with E-state index in [9.17, 15) is 24.0 Å². The molecule has 5 aromatic carbocycles. The topological polar surface area (TPSA) is 166 Å². The van der Waals surface area contributed by atoms with Crippen LogP contribution in [0.5, 0.6) is 23.0 Å². The average Bonchev–Trinajstić information content (AvgIpc) is 3.96. The molecule has 1 fully saturated rings. The lowest BCUT2D eigenvalue weighted by Gasteiger charge is -2.23. The van der Waals surface area contributed by atoms with Gasteiger partial charge in [0.25, 0.3) is 11.8 Å². The second-order valence-electron chi connectivity index (χ2n) is 17.4. The Bertz CT molecular complexity index is 2860. The highest BCUT2D eigenvalue weighted by Crippen LogP contribution is 2.43. The highest BCUT2D eigenvalue weighted by molar-refractivity contribution is 6.15. The normalized spacial score (nSPS) is 17.9. The van der Waals surface area contributed by atoms with Crippen molar-refractivity contribution in [1.29, 1.82) is 0 Å². The quantitative estimate of drug-likeness (QED) is 0.0881. The zero-order chi connectivity index (χ0) is 46.3. The van der Waals surface area contributed by atoms with Gasteiger partial charge in [-0.2, -0.15) is 0 Å². The molecule has 0 unspecified atom stereocenters. The lowest BCUT2D eigenvalue weighted by atomic mass is 10.1. The van der Waals surface area contributed by atoms with Crippen LogP contribution in [-0.4, -0.2) is 88.1 Å². The molecule has 1 N–H and O–H groups in total. The van der Waals surface area contributed by atoms with E-state index in [1.807, 2.05) is 89.8 Å². The van der Waals surface area contributed by atoms with Crippen molar-refractivity contribution in [2.45, 2.75) is 69.9 Å². The van der Waals surface area contributed by atoms with E-state index in [1.165, 1.54) is 7.11 Å². The van der Waals surface area contributed by atoms with Crippen LogP contribution < -0.4 is 39.0 Å². The number of rotatable bonds is 14. The Hall–Kier alpha value is -7.68. The Morgan fingerprint density at radius 1 is 0.731 bits per heavy atom. The molecule has 4 aliphatic heterocycles. The summed E-state index contributed by atoms with van der Waals surface area (Å²) in [5.41, 5.74) is 8.45. The molecule has 342 valence electrons. The van der Waals surface area contributed by atoms with Gasteiger partial charge in [0, 0.05) is 81.2 Å². The maximum Gasteiger partial charge on any atom is 0.307 e. The Morgan fingerprint density at radius 3 is 2.03 bits per heavy atom. The molecule has 1 saturated carbocycles. The number of carbonyl (C=O) groups excluding carboxylic acids is 5. The second-order valence-corrected chi connectivity index (χ2v) is 17.4. The molecule has 5 aliphatic rings. The van der Waals surface area contributed by atoms with Crippen LogP contribution in [0.3, 0.4) is 0 Å². The van der Waals surface area contributed by atoms with Crippen molar-refractivity contribution in [2.24, 2.45) is 4.99 Å². The molecule has 0 spiro atoms. The van der Waals surface area contributed by atoms with Gasteiger partial charge in [0.2, 0.25) is 6.10 Å². The molecule has 2 amide bonds. The minimum atomic E-state index is -1.30. The molecule has 4 heterocycles. The lowest BCUT2D eigenvalue weighted by molar-refractivity contribution is -0.157. The van der Waals surface area contributed by atoms with E-state index in [4.69, 9.17) is 28.7 Å². The predicted octanol–water partition coefficient (Wildman–Crippen LogP) is 7.21. The number of nitrogens with one attached hydrogen (secondary N) is 1. The van der Waals surface area contributed by atoms with E-state index in [1.54, 1.807) is 30.2 Å². The SMILES string of the molecule is COc1cc2c(cc1OCc1cc(COc3cc4c(cc3OC)C(=O)N3c5ccccc5C[C@H]3CN4)cc(N(C)CCCC(=O)OC3C(=O)CCC3=O)c1)N=C[C@@H]1Cc3ccccc3N1C2=O. The van der Waals surface area contributed by atoms with E-state index < -0.39 is 12.1 Å². The van der Waals surface area contributed by atoms with E-state index in [-0.39, 0.29) is 67.9 Å². The number of hydrogen-bond acceptors (Lipinski definition) is 13. The van der Waals surface area contributed by atoms with Gasteiger partial charge in [-0.25, -0.2) is 0 Å². The van der Waals surface area contributed by atoms with Crippen molar-refractivity contribution >= 4 is 64.0 Å². The van der Waals surface area contributed by atoms with E-state index in [0.29, 0.717) is 71.4 Å². The fraction of sp³-hybridized carbons (Fsp3) is 0.308. The fourth-order valence-corrected chi connectivity index (χ4v) is 9.65. The summed E-state index contributed by atoms with van der Waals surface area (Å²) in [4.78, 5) is 75.3. The van der Waals surface area contributed by atoms with Crippen LogP contribution in [0.4, 0.5) is 28.4 Å². The number of aliphatic imine (C=N–C) groups is 1. The second kappa shape index (κ2) is 17.9. The third-order valence-corrected chi connectivity index (χ3v) is 13.1. The molecule has 10 rings (SSSR count). The number of esters is 1. The van der Waals surface area contributed by atoms with Crippen molar-refractivity contribution in [2.75, 3.05) is 54.4 Å². The zero-order valence-corrected chi connectivity index (χ0v) is 37.4. The number of fused-ring (bicyclic) bond motifs is 8. The highest BCUT2D eigenvalue weighted by Gasteiger charge is 2.39. The number of hydrogen-bond donors (Lipinski definition) is 1. The molecule has 1 aliphatic carbocycles. The van der Waals surface area contributed by atoms with Crippen LogP contribution in [0.15, 0.2) is 96.0 Å². The minimum Gasteiger partial charge on any atom is -0.493 e.